The third-order valence-corrected chi connectivity index (χ3v) is 5.84. The molecule has 0 radical (unpaired) electrons. The van der Waals surface area contributed by atoms with Crippen LogP contribution in [0.4, 0.5) is 0 Å². The van der Waals surface area contributed by atoms with Gasteiger partial charge in [0.2, 0.25) is 11.7 Å². The Hall–Kier alpha value is -2.11. The normalized spacial score (nSPS) is 25.8. The van der Waals surface area contributed by atoms with Gasteiger partial charge in [0, 0.05) is 36.8 Å². The number of ether oxygens (including phenoxy) is 1. The quantitative estimate of drug-likeness (QED) is 0.668. The Kier molecular flexibility index (Phi) is 6.59. The van der Waals surface area contributed by atoms with Crippen LogP contribution in [0.2, 0.25) is 5.02 Å². The molecule has 1 aromatic heterocycles. The second kappa shape index (κ2) is 9.36. The number of hydrogen-bond donors (Lipinski definition) is 2. The summed E-state index contributed by atoms with van der Waals surface area (Å²) in [5, 5.41) is 33.8. The largest absolute Gasteiger partial charge is 0.390 e. The van der Waals surface area contributed by atoms with Crippen molar-refractivity contribution in [1.82, 2.24) is 30.0 Å². The number of likely N-dealkylation sites (tertiary alicyclic amines) is 1. The molecule has 1 aromatic carbocycles. The van der Waals surface area contributed by atoms with E-state index in [1.807, 2.05) is 0 Å². The molecule has 3 heterocycles. The monoisotopic (exact) mass is 436 g/mol. The smallest absolute Gasteiger partial charge is 0.246 e. The van der Waals surface area contributed by atoms with Crippen molar-refractivity contribution in [2.75, 3.05) is 39.4 Å². The summed E-state index contributed by atoms with van der Waals surface area (Å²) >= 11 is 5.90. The number of aliphatic hydroxyl groups excluding tert-OH is 2. The molecule has 0 saturated carbocycles. The molecule has 2 aliphatic heterocycles. The van der Waals surface area contributed by atoms with Crippen molar-refractivity contribution in [3.05, 3.63) is 29.3 Å². The van der Waals surface area contributed by atoms with Gasteiger partial charge in [0.25, 0.3) is 0 Å². The predicted octanol–water partition coefficient (Wildman–Crippen LogP) is -0.352. The number of amides is 1. The minimum Gasteiger partial charge on any atom is -0.390 e. The summed E-state index contributed by atoms with van der Waals surface area (Å²) in [7, 11) is 0. The number of aromatic nitrogens is 4. The van der Waals surface area contributed by atoms with Gasteiger partial charge in [-0.25, -0.2) is 0 Å². The third kappa shape index (κ3) is 4.79. The summed E-state index contributed by atoms with van der Waals surface area (Å²) in [4.78, 5) is 17.9. The molecular formula is C19H25ClN6O4. The van der Waals surface area contributed by atoms with Crippen LogP contribution in [0, 0.1) is 0 Å². The number of carbonyl (C=O) groups excluding carboxylic acids is 1. The molecule has 2 aliphatic rings. The molecule has 2 N–H and O–H groups in total. The van der Waals surface area contributed by atoms with Crippen molar-refractivity contribution in [2.24, 2.45) is 0 Å². The lowest BCUT2D eigenvalue weighted by molar-refractivity contribution is -0.133. The van der Waals surface area contributed by atoms with E-state index in [2.05, 4.69) is 20.3 Å². The maximum Gasteiger partial charge on any atom is 0.246 e. The van der Waals surface area contributed by atoms with Gasteiger partial charge < -0.3 is 19.8 Å². The highest BCUT2D eigenvalue weighted by Gasteiger charge is 2.37. The van der Waals surface area contributed by atoms with Crippen LogP contribution in [-0.4, -0.2) is 104 Å². The summed E-state index contributed by atoms with van der Waals surface area (Å²) < 4.78 is 5.38. The van der Waals surface area contributed by atoms with E-state index in [1.54, 1.807) is 29.2 Å². The van der Waals surface area contributed by atoms with Crippen LogP contribution in [-0.2, 0) is 16.1 Å². The van der Waals surface area contributed by atoms with Gasteiger partial charge in [0.1, 0.15) is 6.54 Å². The maximum atomic E-state index is 12.9. The van der Waals surface area contributed by atoms with Gasteiger partial charge >= 0.3 is 0 Å². The molecule has 2 saturated heterocycles. The molecule has 2 aromatic rings. The van der Waals surface area contributed by atoms with Crippen LogP contribution in [0.25, 0.3) is 11.4 Å². The van der Waals surface area contributed by atoms with Crippen molar-refractivity contribution in [1.29, 1.82) is 0 Å². The number of nitrogens with zero attached hydrogens (tertiary/aromatic N) is 6. The molecule has 30 heavy (non-hydrogen) atoms. The van der Waals surface area contributed by atoms with Gasteiger partial charge in [0.15, 0.2) is 0 Å². The predicted molar refractivity (Wildman–Crippen MR) is 108 cm³/mol. The highest BCUT2D eigenvalue weighted by atomic mass is 35.5. The lowest BCUT2D eigenvalue weighted by atomic mass is 10.0. The van der Waals surface area contributed by atoms with Gasteiger partial charge in [-0.2, -0.15) is 4.80 Å². The van der Waals surface area contributed by atoms with Gasteiger partial charge in [0.05, 0.1) is 31.5 Å². The van der Waals surface area contributed by atoms with E-state index >= 15 is 0 Å². The zero-order chi connectivity index (χ0) is 21.1. The van der Waals surface area contributed by atoms with Gasteiger partial charge in [-0.1, -0.05) is 11.6 Å². The summed E-state index contributed by atoms with van der Waals surface area (Å²) in [6, 6.07) is 6.71. The van der Waals surface area contributed by atoms with E-state index < -0.39 is 12.2 Å². The fraction of sp³-hybridized carbons (Fsp3) is 0.579. The van der Waals surface area contributed by atoms with Crippen molar-refractivity contribution >= 4 is 17.5 Å². The van der Waals surface area contributed by atoms with Crippen molar-refractivity contribution in [2.45, 2.75) is 31.2 Å². The average molecular weight is 437 g/mol. The molecule has 1 amide bonds. The lowest BCUT2D eigenvalue weighted by Gasteiger charge is -2.38. The van der Waals surface area contributed by atoms with E-state index in [0.29, 0.717) is 56.7 Å². The molecule has 4 rings (SSSR count). The molecular weight excluding hydrogens is 412 g/mol. The second-order valence-corrected chi connectivity index (χ2v) is 7.99. The van der Waals surface area contributed by atoms with Crippen molar-refractivity contribution < 1.29 is 19.7 Å². The SMILES string of the molecule is O=C(Cn1nnc(-c2ccc(Cl)cc2)n1)N1CC[C@@H](O)[C@@H](O)[C@H](N2CCOCC2)C1. The number of morpholine rings is 1. The first kappa shape index (κ1) is 21.1. The number of carbonyl (C=O) groups is 1. The molecule has 10 nitrogen and oxygen atoms in total. The minimum atomic E-state index is -0.915. The first-order valence-electron chi connectivity index (χ1n) is 10.0. The van der Waals surface area contributed by atoms with Crippen LogP contribution >= 0.6 is 11.6 Å². The molecule has 162 valence electrons. The molecule has 2 fully saturated rings. The molecule has 11 heteroatoms. The fourth-order valence-corrected chi connectivity index (χ4v) is 3.98. The number of hydrogen-bond acceptors (Lipinski definition) is 8. The van der Waals surface area contributed by atoms with Gasteiger partial charge in [-0.15, -0.1) is 10.2 Å². The Morgan fingerprint density at radius 3 is 2.63 bits per heavy atom. The first-order valence-corrected chi connectivity index (χ1v) is 10.4. The summed E-state index contributed by atoms with van der Waals surface area (Å²) in [5.41, 5.74) is 0.756. The Labute approximate surface area is 179 Å². The Morgan fingerprint density at radius 2 is 1.90 bits per heavy atom. The highest BCUT2D eigenvalue weighted by Crippen LogP contribution is 2.20. The second-order valence-electron chi connectivity index (χ2n) is 7.55. The highest BCUT2D eigenvalue weighted by molar-refractivity contribution is 6.30. The standard InChI is InChI=1S/C19H25ClN6O4/c20-14-3-1-13(2-4-14)19-21-23-26(22-19)12-17(28)25-6-5-16(27)18(29)15(11-25)24-7-9-30-10-8-24/h1-4,15-16,18,27,29H,5-12H2/t15-,16-,18+/m1/s1. The molecule has 0 aliphatic carbocycles. The Morgan fingerprint density at radius 1 is 1.17 bits per heavy atom. The Bertz CT molecular complexity index is 857. The van der Waals surface area contributed by atoms with Gasteiger partial charge in [-0.3, -0.25) is 9.69 Å². The number of rotatable bonds is 4. The summed E-state index contributed by atoms with van der Waals surface area (Å²) in [6.07, 6.45) is -1.48. The Balaban J connectivity index is 1.43. The zero-order valence-electron chi connectivity index (χ0n) is 16.5. The third-order valence-electron chi connectivity index (χ3n) is 5.59. The van der Waals surface area contributed by atoms with Crippen LogP contribution in [0.5, 0.6) is 0 Å². The summed E-state index contributed by atoms with van der Waals surface area (Å²) in [6.45, 7) is 3.08. The average Bonchev–Trinajstić information content (AvgIpc) is 3.16. The number of aliphatic hydroxyl groups is 2. The summed E-state index contributed by atoms with van der Waals surface area (Å²) in [5.74, 6) is 0.224. The van der Waals surface area contributed by atoms with Crippen molar-refractivity contribution in [3.63, 3.8) is 0 Å². The van der Waals surface area contributed by atoms with Gasteiger partial charge in [-0.05, 0) is 35.9 Å². The van der Waals surface area contributed by atoms with Crippen LogP contribution in [0.3, 0.4) is 0 Å². The zero-order valence-corrected chi connectivity index (χ0v) is 17.2. The topological polar surface area (TPSA) is 117 Å². The maximum absolute atomic E-state index is 12.9. The lowest BCUT2D eigenvalue weighted by Crippen LogP contribution is -2.55. The molecule has 0 spiro atoms. The van der Waals surface area contributed by atoms with Crippen LogP contribution < -0.4 is 0 Å². The van der Waals surface area contributed by atoms with Crippen molar-refractivity contribution in [3.8, 4) is 11.4 Å². The van der Waals surface area contributed by atoms with E-state index in [0.717, 1.165) is 5.56 Å². The van der Waals surface area contributed by atoms with Crippen LogP contribution in [0.1, 0.15) is 6.42 Å². The first-order chi connectivity index (χ1) is 14.5. The minimum absolute atomic E-state index is 0.0669. The molecule has 0 bridgehead atoms. The van der Waals surface area contributed by atoms with E-state index in [1.165, 1.54) is 4.80 Å². The number of halogens is 1. The van der Waals surface area contributed by atoms with Crippen LogP contribution in [0.15, 0.2) is 24.3 Å². The van der Waals surface area contributed by atoms with E-state index in [9.17, 15) is 15.0 Å². The van der Waals surface area contributed by atoms with E-state index in [4.69, 9.17) is 16.3 Å². The molecule has 3 atom stereocenters. The fourth-order valence-electron chi connectivity index (χ4n) is 3.85. The van der Waals surface area contributed by atoms with E-state index in [-0.39, 0.29) is 18.5 Å². The number of benzene rings is 1. The molecule has 0 unspecified atom stereocenters. The number of tetrazole rings is 1.